The van der Waals surface area contributed by atoms with Crippen LogP contribution in [0.3, 0.4) is 0 Å². The normalized spacial score (nSPS) is 19.1. The topological polar surface area (TPSA) is 353 Å². The van der Waals surface area contributed by atoms with Crippen LogP contribution in [0.1, 0.15) is 108 Å². The van der Waals surface area contributed by atoms with Crippen molar-refractivity contribution in [2.75, 3.05) is 29.5 Å². The van der Waals surface area contributed by atoms with Gasteiger partial charge in [-0.2, -0.15) is 46.7 Å². The molecule has 0 amide bonds. The summed E-state index contributed by atoms with van der Waals surface area (Å²) < 4.78 is 178. The Hall–Kier alpha value is -5.16. The molecule has 21 nitrogen and oxygen atoms in total. The van der Waals surface area contributed by atoms with E-state index in [-0.39, 0.29) is 74.4 Å². The van der Waals surface area contributed by atoms with Gasteiger partial charge in [-0.1, -0.05) is 18.6 Å². The molecule has 0 aromatic heterocycles. The second-order valence-corrected chi connectivity index (χ2v) is 26.5. The molecular formula is C48H59N2O19S5+. The average Bonchev–Trinajstić information content (AvgIpc) is 3.64. The molecule has 4 aromatic carbocycles. The molecular weight excluding hydrogens is 1070 g/mol. The van der Waals surface area contributed by atoms with Gasteiger partial charge in [0.2, 0.25) is 5.69 Å². The first-order chi connectivity index (χ1) is 34.2. The lowest BCUT2D eigenvalue weighted by Gasteiger charge is -2.31. The smallest absolute Gasteiger partial charge is 0.303 e. The number of rotatable bonds is 25. The van der Waals surface area contributed by atoms with E-state index in [1.807, 2.05) is 22.5 Å². The van der Waals surface area contributed by atoms with Crippen LogP contribution < -0.4 is 4.90 Å². The Morgan fingerprint density at radius 2 is 1.12 bits per heavy atom. The van der Waals surface area contributed by atoms with Gasteiger partial charge in [0, 0.05) is 65.7 Å². The van der Waals surface area contributed by atoms with Gasteiger partial charge in [0.1, 0.15) is 11.4 Å². The van der Waals surface area contributed by atoms with Crippen molar-refractivity contribution in [3.05, 3.63) is 89.1 Å². The maximum absolute atomic E-state index is 12.9. The molecule has 0 aliphatic carbocycles. The number of carboxylic acid groups (broad SMARTS) is 2. The number of hydrogen-bond acceptors (Lipinski definition) is 13. The van der Waals surface area contributed by atoms with E-state index in [1.54, 1.807) is 38.1 Å². The van der Waals surface area contributed by atoms with E-state index in [9.17, 15) is 84.7 Å². The van der Waals surface area contributed by atoms with Crippen LogP contribution >= 0.6 is 0 Å². The van der Waals surface area contributed by atoms with E-state index >= 15 is 0 Å². The monoisotopic (exact) mass is 1130 g/mol. The van der Waals surface area contributed by atoms with Gasteiger partial charge in [0.05, 0.1) is 26.7 Å². The minimum absolute atomic E-state index is 0.0409. The van der Waals surface area contributed by atoms with Crippen LogP contribution in [-0.4, -0.2) is 122 Å². The number of hydrogen-bond donors (Lipinski definition) is 7. The summed E-state index contributed by atoms with van der Waals surface area (Å²) in [7, 11) is -24.1. The summed E-state index contributed by atoms with van der Waals surface area (Å²) in [6.07, 6.45) is 6.72. The van der Waals surface area contributed by atoms with Gasteiger partial charge in [0.25, 0.3) is 50.6 Å². The van der Waals surface area contributed by atoms with Crippen molar-refractivity contribution in [2.24, 2.45) is 0 Å². The predicted octanol–water partition coefficient (Wildman–Crippen LogP) is 7.24. The molecule has 26 heteroatoms. The van der Waals surface area contributed by atoms with E-state index in [4.69, 9.17) is 0 Å². The highest BCUT2D eigenvalue weighted by Crippen LogP contribution is 2.55. The number of carbonyl (C=O) groups is 2. The fraction of sp³-hybridized carbons (Fsp3) is 0.438. The van der Waals surface area contributed by atoms with E-state index < -0.39 is 99.6 Å². The molecule has 74 heavy (non-hydrogen) atoms. The zero-order valence-electron chi connectivity index (χ0n) is 40.6. The van der Waals surface area contributed by atoms with Gasteiger partial charge in [-0.3, -0.25) is 32.4 Å². The second kappa shape index (κ2) is 21.8. The molecule has 7 N–H and O–H groups in total. The van der Waals surface area contributed by atoms with Crippen molar-refractivity contribution in [3.63, 3.8) is 0 Å². The number of nitrogens with zero attached hydrogens (tertiary/aromatic N) is 2. The Balaban J connectivity index is 1.65. The summed E-state index contributed by atoms with van der Waals surface area (Å²) in [6, 6.07) is 10.7. The SMILES string of the molecule is Cc1cc(S(=O)(=O)O)cc2c3c(ccc12)[N+](CCCCCC(=O)O)=C(/C=C/C=C1/N(CCCCCC(=O)O)c2ccc4c(S(=O)(=O)O)cc(S(=O)(=O)O)cc4c2C1(C)CCCS(=O)(=O)O)C3(C)CCCS(=O)(=O)O. The fourth-order valence-corrected chi connectivity index (χ4v) is 13.6. The van der Waals surface area contributed by atoms with Crippen molar-refractivity contribution in [1.29, 1.82) is 0 Å². The molecule has 2 unspecified atom stereocenters. The first-order valence-corrected chi connectivity index (χ1v) is 31.0. The van der Waals surface area contributed by atoms with Crippen LogP contribution in [0.5, 0.6) is 0 Å². The Kier molecular flexibility index (Phi) is 17.1. The Bertz CT molecular complexity index is 3610. The summed E-state index contributed by atoms with van der Waals surface area (Å²) in [4.78, 5) is 22.5. The Morgan fingerprint density at radius 1 is 0.595 bits per heavy atom. The number of aliphatic carboxylic acids is 2. The van der Waals surface area contributed by atoms with Crippen molar-refractivity contribution < 1.29 is 89.2 Å². The highest BCUT2D eigenvalue weighted by atomic mass is 32.2. The zero-order chi connectivity index (χ0) is 55.0. The lowest BCUT2D eigenvalue weighted by Crippen LogP contribution is -2.32. The molecule has 2 atom stereocenters. The quantitative estimate of drug-likeness (QED) is 0.0195. The van der Waals surface area contributed by atoms with Crippen LogP contribution in [0, 0.1) is 6.92 Å². The number of fused-ring (bicyclic) bond motifs is 6. The maximum Gasteiger partial charge on any atom is 0.303 e. The van der Waals surface area contributed by atoms with E-state index in [0.717, 1.165) is 6.07 Å². The maximum atomic E-state index is 12.9. The first-order valence-electron chi connectivity index (χ1n) is 23.4. The molecule has 0 spiro atoms. The van der Waals surface area contributed by atoms with E-state index in [1.165, 1.54) is 24.3 Å². The number of unbranched alkanes of at least 4 members (excludes halogenated alkanes) is 4. The summed E-state index contributed by atoms with van der Waals surface area (Å²) >= 11 is 0. The largest absolute Gasteiger partial charge is 0.481 e. The third-order valence-corrected chi connectivity index (χ3v) is 18.0. The minimum atomic E-state index is -5.17. The highest BCUT2D eigenvalue weighted by molar-refractivity contribution is 7.87. The molecule has 0 saturated heterocycles. The summed E-state index contributed by atoms with van der Waals surface area (Å²) in [6.45, 7) is 5.57. The number of carboxylic acids is 2. The number of benzene rings is 4. The molecule has 0 fully saturated rings. The third-order valence-electron chi connectivity index (χ3n) is 13.8. The summed E-state index contributed by atoms with van der Waals surface area (Å²) in [5, 5.41) is 19.5. The van der Waals surface area contributed by atoms with Crippen LogP contribution in [0.25, 0.3) is 21.5 Å². The number of allylic oxidation sites excluding steroid dienone is 4. The van der Waals surface area contributed by atoms with Gasteiger partial charge >= 0.3 is 11.9 Å². The molecule has 0 saturated carbocycles. The molecule has 4 aromatic rings. The van der Waals surface area contributed by atoms with Gasteiger partial charge < -0.3 is 15.1 Å². The summed E-state index contributed by atoms with van der Waals surface area (Å²) in [5.41, 5.74) is 0.578. The number of anilines is 1. The predicted molar refractivity (Wildman–Crippen MR) is 275 cm³/mol. The second-order valence-electron chi connectivity index (χ2n) is 19.1. The Labute approximate surface area is 430 Å². The molecule has 0 radical (unpaired) electrons. The van der Waals surface area contributed by atoms with Crippen molar-refractivity contribution in [3.8, 4) is 0 Å². The van der Waals surface area contributed by atoms with Gasteiger partial charge in [0.15, 0.2) is 5.71 Å². The van der Waals surface area contributed by atoms with Gasteiger partial charge in [-0.15, -0.1) is 0 Å². The lowest BCUT2D eigenvalue weighted by atomic mass is 9.73. The van der Waals surface area contributed by atoms with Crippen LogP contribution in [-0.2, 0) is 71.0 Å². The Morgan fingerprint density at radius 3 is 1.66 bits per heavy atom. The third kappa shape index (κ3) is 13.1. The van der Waals surface area contributed by atoms with Gasteiger partial charge in [-0.05, 0) is 142 Å². The van der Waals surface area contributed by atoms with Crippen LogP contribution in [0.4, 0.5) is 11.4 Å². The molecule has 2 aliphatic heterocycles. The average molecular weight is 1130 g/mol. The molecule has 2 aliphatic rings. The van der Waals surface area contributed by atoms with Gasteiger partial charge in [-0.25, -0.2) is 0 Å². The van der Waals surface area contributed by atoms with Crippen molar-refractivity contribution in [1.82, 2.24) is 0 Å². The lowest BCUT2D eigenvalue weighted by molar-refractivity contribution is -0.438. The highest BCUT2D eigenvalue weighted by Gasteiger charge is 2.49. The number of aryl methyl sites for hydroxylation is 1. The zero-order valence-corrected chi connectivity index (χ0v) is 44.7. The summed E-state index contributed by atoms with van der Waals surface area (Å²) in [5.74, 6) is -3.39. The van der Waals surface area contributed by atoms with Crippen molar-refractivity contribution >= 4 is 101 Å². The molecule has 2 heterocycles. The molecule has 404 valence electrons. The van der Waals surface area contributed by atoms with Crippen molar-refractivity contribution in [2.45, 2.75) is 123 Å². The van der Waals surface area contributed by atoms with E-state index in [0.29, 0.717) is 82.9 Å². The fourth-order valence-electron chi connectivity index (χ4n) is 10.6. The minimum Gasteiger partial charge on any atom is -0.481 e. The molecule has 6 rings (SSSR count). The first kappa shape index (κ1) is 58.1. The van der Waals surface area contributed by atoms with Crippen LogP contribution in [0.15, 0.2) is 87.1 Å². The van der Waals surface area contributed by atoms with E-state index in [2.05, 4.69) is 0 Å². The standard InChI is InChI=1S/C48H58N2O19S5/c1-31-27-32(72(61,62)63)28-36-34(31)17-19-38-45(36)47(2,21-11-25-70(55,56)57)41(49(38)23-8-4-6-15-43(51)52)13-10-14-42-48(3,22-12-26-71(58,59)60)46-37-29-33(73(64,65)66)30-40(74(67,68)69)35(37)18-20-39(46)50(42)24-9-5-7-16-44(53)54/h10,13-14,17-20,27-30H,4-9,11-12,15-16,21-26H2,1-3H3,(H6-,51,52,53,54,55,56,57,58,59,60,61,62,63,64,65,66,67,68,69)/p+1. The van der Waals surface area contributed by atoms with Crippen LogP contribution in [0.2, 0.25) is 0 Å². The molecule has 0 bridgehead atoms.